The van der Waals surface area contributed by atoms with E-state index in [1.54, 1.807) is 20.1 Å². The van der Waals surface area contributed by atoms with E-state index in [2.05, 4.69) is 11.9 Å². The standard InChI is InChI=1S/C11H18FNO/c1-5-8(7(3)12)10-9(6-2)11(13-10)14-4/h5,7-8,10,13H,1,6H2,2-4H3/t7-,8-,10-/m1/s1. The van der Waals surface area contributed by atoms with Crippen molar-refractivity contribution in [2.45, 2.75) is 32.5 Å². The summed E-state index contributed by atoms with van der Waals surface area (Å²) in [5.74, 6) is 0.633. The van der Waals surface area contributed by atoms with Crippen LogP contribution in [0.1, 0.15) is 20.3 Å². The number of hydrogen-bond donors (Lipinski definition) is 1. The summed E-state index contributed by atoms with van der Waals surface area (Å²) >= 11 is 0. The smallest absolute Gasteiger partial charge is 0.188 e. The number of alkyl halides is 1. The van der Waals surface area contributed by atoms with Crippen molar-refractivity contribution in [3.8, 4) is 0 Å². The zero-order valence-corrected chi connectivity index (χ0v) is 9.01. The minimum absolute atomic E-state index is 0.0625. The van der Waals surface area contributed by atoms with Gasteiger partial charge in [0.25, 0.3) is 0 Å². The highest BCUT2D eigenvalue weighted by atomic mass is 19.1. The molecular weight excluding hydrogens is 181 g/mol. The van der Waals surface area contributed by atoms with Crippen LogP contribution in [0.25, 0.3) is 0 Å². The van der Waals surface area contributed by atoms with Gasteiger partial charge in [0.1, 0.15) is 6.17 Å². The number of ether oxygens (including phenoxy) is 1. The van der Waals surface area contributed by atoms with E-state index >= 15 is 0 Å². The largest absolute Gasteiger partial charge is 0.482 e. The molecule has 1 heterocycles. The highest BCUT2D eigenvalue weighted by molar-refractivity contribution is 5.28. The first-order valence-electron chi connectivity index (χ1n) is 4.95. The molecule has 0 bridgehead atoms. The van der Waals surface area contributed by atoms with Gasteiger partial charge in [-0.1, -0.05) is 13.0 Å². The van der Waals surface area contributed by atoms with Crippen molar-refractivity contribution < 1.29 is 9.13 Å². The molecule has 80 valence electrons. The first kappa shape index (κ1) is 11.1. The molecule has 1 aliphatic heterocycles. The van der Waals surface area contributed by atoms with Crippen molar-refractivity contribution in [3.63, 3.8) is 0 Å². The molecule has 3 atom stereocenters. The maximum atomic E-state index is 13.2. The summed E-state index contributed by atoms with van der Waals surface area (Å²) in [4.78, 5) is 0. The third-order valence-electron chi connectivity index (χ3n) is 2.73. The summed E-state index contributed by atoms with van der Waals surface area (Å²) < 4.78 is 18.3. The molecule has 0 aliphatic carbocycles. The van der Waals surface area contributed by atoms with Crippen LogP contribution in [0.3, 0.4) is 0 Å². The predicted octanol–water partition coefficient (Wildman–Crippen LogP) is 2.39. The van der Waals surface area contributed by atoms with Crippen LogP contribution in [0.5, 0.6) is 0 Å². The van der Waals surface area contributed by atoms with E-state index in [4.69, 9.17) is 4.74 Å². The summed E-state index contributed by atoms with van der Waals surface area (Å²) in [6.45, 7) is 7.27. The molecule has 0 saturated heterocycles. The van der Waals surface area contributed by atoms with Crippen molar-refractivity contribution in [2.24, 2.45) is 5.92 Å². The number of methoxy groups -OCH3 is 1. The summed E-state index contributed by atoms with van der Waals surface area (Å²) in [6.07, 6.45) is 1.67. The lowest BCUT2D eigenvalue weighted by atomic mass is 9.84. The molecule has 1 N–H and O–H groups in total. The first-order chi connectivity index (χ1) is 6.65. The average molecular weight is 199 g/mol. The Morgan fingerprint density at radius 3 is 2.71 bits per heavy atom. The molecule has 0 radical (unpaired) electrons. The second kappa shape index (κ2) is 4.49. The molecule has 0 spiro atoms. The predicted molar refractivity (Wildman–Crippen MR) is 55.5 cm³/mol. The van der Waals surface area contributed by atoms with Crippen LogP contribution in [-0.4, -0.2) is 19.3 Å². The van der Waals surface area contributed by atoms with Crippen LogP contribution in [0.15, 0.2) is 24.1 Å². The average Bonchev–Trinajstić information content (AvgIpc) is 2.11. The minimum atomic E-state index is -0.884. The van der Waals surface area contributed by atoms with E-state index in [9.17, 15) is 4.39 Å². The Bertz CT molecular complexity index is 248. The van der Waals surface area contributed by atoms with Gasteiger partial charge in [-0.2, -0.15) is 0 Å². The molecule has 0 saturated carbocycles. The number of nitrogens with one attached hydrogen (secondary N) is 1. The van der Waals surface area contributed by atoms with Crippen LogP contribution in [0.4, 0.5) is 4.39 Å². The molecule has 0 aromatic rings. The van der Waals surface area contributed by atoms with Crippen molar-refractivity contribution >= 4 is 0 Å². The fourth-order valence-electron chi connectivity index (χ4n) is 1.87. The summed E-state index contributed by atoms with van der Waals surface area (Å²) in [5, 5.41) is 3.11. The molecule has 0 aromatic carbocycles. The first-order valence-corrected chi connectivity index (χ1v) is 4.95. The van der Waals surface area contributed by atoms with Crippen LogP contribution in [0, 0.1) is 5.92 Å². The minimum Gasteiger partial charge on any atom is -0.482 e. The molecule has 0 aromatic heterocycles. The van der Waals surface area contributed by atoms with Crippen LogP contribution >= 0.6 is 0 Å². The third kappa shape index (κ3) is 1.76. The molecule has 1 rings (SSSR count). The Kier molecular flexibility index (Phi) is 3.55. The monoisotopic (exact) mass is 199 g/mol. The van der Waals surface area contributed by atoms with Gasteiger partial charge in [-0.15, -0.1) is 6.58 Å². The number of rotatable bonds is 5. The van der Waals surface area contributed by atoms with Crippen molar-refractivity contribution in [1.82, 2.24) is 5.32 Å². The lowest BCUT2D eigenvalue weighted by molar-refractivity contribution is 0.170. The molecular formula is C11H18FNO. The Hall–Kier alpha value is -0.990. The van der Waals surface area contributed by atoms with Gasteiger partial charge in [0.15, 0.2) is 5.88 Å². The Morgan fingerprint density at radius 2 is 2.36 bits per heavy atom. The summed E-state index contributed by atoms with van der Waals surface area (Å²) in [7, 11) is 1.62. The molecule has 0 unspecified atom stereocenters. The van der Waals surface area contributed by atoms with Crippen LogP contribution in [-0.2, 0) is 4.74 Å². The second-order valence-electron chi connectivity index (χ2n) is 3.52. The fourth-order valence-corrected chi connectivity index (χ4v) is 1.87. The topological polar surface area (TPSA) is 21.3 Å². The molecule has 0 fully saturated rings. The van der Waals surface area contributed by atoms with Crippen molar-refractivity contribution in [2.75, 3.05) is 7.11 Å². The fraction of sp³-hybridized carbons (Fsp3) is 0.636. The maximum Gasteiger partial charge on any atom is 0.188 e. The zero-order valence-electron chi connectivity index (χ0n) is 9.01. The van der Waals surface area contributed by atoms with E-state index in [0.29, 0.717) is 0 Å². The van der Waals surface area contributed by atoms with Gasteiger partial charge in [-0.3, -0.25) is 0 Å². The van der Waals surface area contributed by atoms with E-state index in [0.717, 1.165) is 17.9 Å². The van der Waals surface area contributed by atoms with E-state index in [-0.39, 0.29) is 12.0 Å². The Balaban J connectivity index is 2.74. The Labute approximate surface area is 84.8 Å². The van der Waals surface area contributed by atoms with Gasteiger partial charge in [0.05, 0.1) is 13.2 Å². The summed E-state index contributed by atoms with van der Waals surface area (Å²) in [6, 6.07) is 0.0625. The molecule has 0 amide bonds. The lowest BCUT2D eigenvalue weighted by Gasteiger charge is -2.38. The quantitative estimate of drug-likeness (QED) is 0.686. The highest BCUT2D eigenvalue weighted by Gasteiger charge is 2.36. The molecule has 2 nitrogen and oxygen atoms in total. The Morgan fingerprint density at radius 1 is 1.71 bits per heavy atom. The van der Waals surface area contributed by atoms with Gasteiger partial charge >= 0.3 is 0 Å². The third-order valence-corrected chi connectivity index (χ3v) is 2.73. The van der Waals surface area contributed by atoms with Gasteiger partial charge < -0.3 is 10.1 Å². The SMILES string of the molecule is C=C[C@H]([C@@H](C)F)[C@H]1NC(OC)=C1CC. The zero-order chi connectivity index (χ0) is 10.7. The van der Waals surface area contributed by atoms with Crippen LogP contribution in [0.2, 0.25) is 0 Å². The normalized spacial score (nSPS) is 24.7. The molecule has 14 heavy (non-hydrogen) atoms. The van der Waals surface area contributed by atoms with E-state index in [1.807, 2.05) is 6.92 Å². The van der Waals surface area contributed by atoms with Crippen molar-refractivity contribution in [1.29, 1.82) is 0 Å². The second-order valence-corrected chi connectivity index (χ2v) is 3.52. The van der Waals surface area contributed by atoms with Gasteiger partial charge in [0.2, 0.25) is 0 Å². The van der Waals surface area contributed by atoms with Gasteiger partial charge in [0, 0.05) is 11.5 Å². The maximum absolute atomic E-state index is 13.2. The highest BCUT2D eigenvalue weighted by Crippen LogP contribution is 2.31. The summed E-state index contributed by atoms with van der Waals surface area (Å²) in [5.41, 5.74) is 1.15. The van der Waals surface area contributed by atoms with Crippen LogP contribution < -0.4 is 5.32 Å². The van der Waals surface area contributed by atoms with Gasteiger partial charge in [-0.25, -0.2) is 4.39 Å². The lowest BCUT2D eigenvalue weighted by Crippen LogP contribution is -2.49. The number of hydrogen-bond acceptors (Lipinski definition) is 2. The number of halogens is 1. The molecule has 3 heteroatoms. The van der Waals surface area contributed by atoms with Gasteiger partial charge in [-0.05, 0) is 13.3 Å². The van der Waals surface area contributed by atoms with E-state index in [1.165, 1.54) is 0 Å². The van der Waals surface area contributed by atoms with E-state index < -0.39 is 6.17 Å². The van der Waals surface area contributed by atoms with Crippen molar-refractivity contribution in [3.05, 3.63) is 24.1 Å². The molecule has 1 aliphatic rings.